The third-order valence-corrected chi connectivity index (χ3v) is 2.59. The Labute approximate surface area is 87.2 Å². The maximum Gasteiger partial charge on any atom is 0.341 e. The van der Waals surface area contributed by atoms with Gasteiger partial charge in [-0.25, -0.2) is 4.79 Å². The normalized spacial score (nSPS) is 19.9. The standard InChI is InChI=1S/C10H10ClNO2/c11-14-10(13)9-5-7-3-1-2-4-8(7)6-12-9/h1-4,9,12H,5-6H2. The van der Waals surface area contributed by atoms with E-state index in [0.29, 0.717) is 13.0 Å². The van der Waals surface area contributed by atoms with Gasteiger partial charge in [0.25, 0.3) is 0 Å². The van der Waals surface area contributed by atoms with Gasteiger partial charge in [0.2, 0.25) is 0 Å². The number of benzene rings is 1. The van der Waals surface area contributed by atoms with Crippen LogP contribution in [0.25, 0.3) is 0 Å². The number of nitrogens with one attached hydrogen (secondary N) is 1. The Morgan fingerprint density at radius 2 is 2.14 bits per heavy atom. The topological polar surface area (TPSA) is 38.3 Å². The minimum absolute atomic E-state index is 0.317. The molecule has 1 heterocycles. The van der Waals surface area contributed by atoms with Crippen molar-refractivity contribution < 1.29 is 9.08 Å². The largest absolute Gasteiger partial charge is 0.346 e. The van der Waals surface area contributed by atoms with Crippen LogP contribution >= 0.6 is 11.9 Å². The highest BCUT2D eigenvalue weighted by Gasteiger charge is 2.24. The monoisotopic (exact) mass is 211 g/mol. The molecule has 1 atom stereocenters. The van der Waals surface area contributed by atoms with Crippen molar-refractivity contribution in [3.63, 3.8) is 0 Å². The summed E-state index contributed by atoms with van der Waals surface area (Å²) in [4.78, 5) is 11.2. The summed E-state index contributed by atoms with van der Waals surface area (Å²) < 4.78 is 4.18. The second-order valence-corrected chi connectivity index (χ2v) is 3.46. The Bertz CT molecular complexity index is 354. The molecule has 0 saturated heterocycles. The van der Waals surface area contributed by atoms with Crippen LogP contribution in [0.2, 0.25) is 0 Å². The minimum Gasteiger partial charge on any atom is -0.346 e. The molecule has 1 aliphatic heterocycles. The molecule has 0 spiro atoms. The summed E-state index contributed by atoms with van der Waals surface area (Å²) in [7, 11) is 0. The van der Waals surface area contributed by atoms with Gasteiger partial charge < -0.3 is 4.29 Å². The smallest absolute Gasteiger partial charge is 0.341 e. The Hall–Kier alpha value is -1.06. The zero-order valence-corrected chi connectivity index (χ0v) is 8.25. The minimum atomic E-state index is -0.416. The van der Waals surface area contributed by atoms with Gasteiger partial charge in [-0.05, 0) is 17.5 Å². The summed E-state index contributed by atoms with van der Waals surface area (Å²) in [6.07, 6.45) is 0.641. The first-order valence-electron chi connectivity index (χ1n) is 4.44. The van der Waals surface area contributed by atoms with E-state index < -0.39 is 5.97 Å². The van der Waals surface area contributed by atoms with Crippen molar-refractivity contribution in [1.82, 2.24) is 5.32 Å². The number of hydrogen-bond acceptors (Lipinski definition) is 3. The molecule has 0 aliphatic carbocycles. The maximum atomic E-state index is 11.2. The lowest BCUT2D eigenvalue weighted by molar-refractivity contribution is -0.136. The Morgan fingerprint density at radius 1 is 1.43 bits per heavy atom. The molecular formula is C10H10ClNO2. The molecule has 1 unspecified atom stereocenters. The van der Waals surface area contributed by atoms with Gasteiger partial charge in [0, 0.05) is 6.54 Å². The zero-order valence-electron chi connectivity index (χ0n) is 7.50. The lowest BCUT2D eigenvalue weighted by Crippen LogP contribution is -2.41. The van der Waals surface area contributed by atoms with Crippen molar-refractivity contribution in [2.45, 2.75) is 19.0 Å². The number of halogens is 1. The lowest BCUT2D eigenvalue weighted by Gasteiger charge is -2.23. The van der Waals surface area contributed by atoms with Crippen LogP contribution in [0.4, 0.5) is 0 Å². The van der Waals surface area contributed by atoms with E-state index in [9.17, 15) is 4.79 Å². The highest BCUT2D eigenvalue weighted by molar-refractivity contribution is 6.13. The van der Waals surface area contributed by atoms with Crippen LogP contribution in [0, 0.1) is 0 Å². The molecule has 1 aromatic carbocycles. The van der Waals surface area contributed by atoms with Gasteiger partial charge in [-0.15, -0.1) is 0 Å². The van der Waals surface area contributed by atoms with Gasteiger partial charge in [-0.3, -0.25) is 5.32 Å². The Balaban J connectivity index is 2.17. The van der Waals surface area contributed by atoms with E-state index in [0.717, 1.165) is 0 Å². The molecule has 1 N–H and O–H groups in total. The van der Waals surface area contributed by atoms with E-state index in [2.05, 4.69) is 9.61 Å². The molecule has 74 valence electrons. The molecule has 0 radical (unpaired) electrons. The molecule has 1 aliphatic rings. The molecule has 14 heavy (non-hydrogen) atoms. The third kappa shape index (κ3) is 1.74. The van der Waals surface area contributed by atoms with Crippen LogP contribution in [0.5, 0.6) is 0 Å². The predicted octanol–water partition coefficient (Wildman–Crippen LogP) is 1.40. The predicted molar refractivity (Wildman–Crippen MR) is 52.7 cm³/mol. The highest BCUT2D eigenvalue weighted by Crippen LogP contribution is 2.16. The second-order valence-electron chi connectivity index (χ2n) is 3.30. The van der Waals surface area contributed by atoms with Crippen molar-refractivity contribution in [1.29, 1.82) is 0 Å². The average Bonchev–Trinajstić information content (AvgIpc) is 2.27. The van der Waals surface area contributed by atoms with Crippen molar-refractivity contribution in [3.05, 3.63) is 35.4 Å². The first kappa shape index (κ1) is 9.49. The molecule has 0 saturated carbocycles. The van der Waals surface area contributed by atoms with Crippen molar-refractivity contribution >= 4 is 17.8 Å². The number of carbonyl (C=O) groups excluding carboxylic acids is 1. The summed E-state index contributed by atoms with van der Waals surface area (Å²) in [5.74, 6) is -0.416. The molecule has 4 heteroatoms. The summed E-state index contributed by atoms with van der Waals surface area (Å²) in [6, 6.07) is 7.70. The van der Waals surface area contributed by atoms with E-state index in [4.69, 9.17) is 11.9 Å². The molecule has 0 aromatic heterocycles. The Kier molecular flexibility index (Phi) is 2.70. The average molecular weight is 212 g/mol. The first-order chi connectivity index (χ1) is 6.81. The Morgan fingerprint density at radius 3 is 2.86 bits per heavy atom. The summed E-state index contributed by atoms with van der Waals surface area (Å²) in [6.45, 7) is 0.687. The fraction of sp³-hybridized carbons (Fsp3) is 0.300. The zero-order chi connectivity index (χ0) is 9.97. The molecule has 2 rings (SSSR count). The summed E-state index contributed by atoms with van der Waals surface area (Å²) in [5, 5.41) is 3.07. The molecule has 3 nitrogen and oxygen atoms in total. The van der Waals surface area contributed by atoms with Crippen LogP contribution in [-0.4, -0.2) is 12.0 Å². The van der Waals surface area contributed by atoms with Gasteiger partial charge in [-0.2, -0.15) is 0 Å². The number of fused-ring (bicyclic) bond motifs is 1. The van der Waals surface area contributed by atoms with Crippen LogP contribution in [-0.2, 0) is 22.0 Å². The van der Waals surface area contributed by atoms with Gasteiger partial charge >= 0.3 is 5.97 Å². The number of hydrogen-bond donors (Lipinski definition) is 1. The quantitative estimate of drug-likeness (QED) is 0.763. The SMILES string of the molecule is O=C(OCl)C1Cc2ccccc2CN1. The van der Waals surface area contributed by atoms with Crippen LogP contribution in [0.3, 0.4) is 0 Å². The van der Waals surface area contributed by atoms with E-state index in [1.807, 2.05) is 24.3 Å². The summed E-state index contributed by atoms with van der Waals surface area (Å²) >= 11 is 5.02. The third-order valence-electron chi connectivity index (χ3n) is 2.44. The molecule has 0 fully saturated rings. The number of carbonyl (C=O) groups is 1. The van der Waals surface area contributed by atoms with E-state index in [1.54, 1.807) is 0 Å². The van der Waals surface area contributed by atoms with Crippen molar-refractivity contribution in [2.24, 2.45) is 0 Å². The van der Waals surface area contributed by atoms with Crippen LogP contribution in [0.1, 0.15) is 11.1 Å². The highest BCUT2D eigenvalue weighted by atomic mass is 35.5. The van der Waals surface area contributed by atoms with Gasteiger partial charge in [0.1, 0.15) is 17.9 Å². The fourth-order valence-electron chi connectivity index (χ4n) is 1.67. The lowest BCUT2D eigenvalue weighted by atomic mass is 9.96. The molecule has 1 aromatic rings. The van der Waals surface area contributed by atoms with Gasteiger partial charge in [0.05, 0.1) is 0 Å². The van der Waals surface area contributed by atoms with Gasteiger partial charge in [-0.1, -0.05) is 24.3 Å². The van der Waals surface area contributed by atoms with E-state index >= 15 is 0 Å². The van der Waals surface area contributed by atoms with E-state index in [-0.39, 0.29) is 6.04 Å². The molecule has 0 amide bonds. The summed E-state index contributed by atoms with van der Waals surface area (Å²) in [5.41, 5.74) is 2.41. The second kappa shape index (κ2) is 3.98. The van der Waals surface area contributed by atoms with Crippen molar-refractivity contribution in [3.8, 4) is 0 Å². The first-order valence-corrected chi connectivity index (χ1v) is 4.74. The molecule has 0 bridgehead atoms. The van der Waals surface area contributed by atoms with Gasteiger partial charge in [0.15, 0.2) is 0 Å². The molecular weight excluding hydrogens is 202 g/mol. The van der Waals surface area contributed by atoms with E-state index in [1.165, 1.54) is 11.1 Å². The maximum absolute atomic E-state index is 11.2. The van der Waals surface area contributed by atoms with Crippen LogP contribution in [0.15, 0.2) is 24.3 Å². The van der Waals surface area contributed by atoms with Crippen LogP contribution < -0.4 is 5.32 Å². The number of rotatable bonds is 1. The fourth-order valence-corrected chi connectivity index (χ4v) is 1.78. The van der Waals surface area contributed by atoms with Crippen molar-refractivity contribution in [2.75, 3.05) is 0 Å².